The van der Waals surface area contributed by atoms with E-state index in [0.29, 0.717) is 35.7 Å². The second-order valence-corrected chi connectivity index (χ2v) is 6.10. The van der Waals surface area contributed by atoms with Crippen LogP contribution in [-0.4, -0.2) is 17.2 Å². The SMILES string of the molecule is CCC(Oc1ccc2c(C)c(CC(C)C)c(=O)oc2c1)C(=O)O. The van der Waals surface area contributed by atoms with E-state index in [2.05, 4.69) is 13.8 Å². The predicted molar refractivity (Wildman–Crippen MR) is 88.1 cm³/mol. The minimum Gasteiger partial charge on any atom is -0.479 e. The first-order valence-electron chi connectivity index (χ1n) is 7.79. The molecule has 23 heavy (non-hydrogen) atoms. The number of aryl methyl sites for hydroxylation is 1. The molecule has 0 radical (unpaired) electrons. The van der Waals surface area contributed by atoms with Crippen LogP contribution in [0.4, 0.5) is 0 Å². The number of carboxylic acids is 1. The lowest BCUT2D eigenvalue weighted by Crippen LogP contribution is -2.25. The van der Waals surface area contributed by atoms with Crippen molar-refractivity contribution in [1.29, 1.82) is 0 Å². The summed E-state index contributed by atoms with van der Waals surface area (Å²) in [7, 11) is 0. The van der Waals surface area contributed by atoms with Gasteiger partial charge in [0.1, 0.15) is 11.3 Å². The van der Waals surface area contributed by atoms with E-state index in [1.165, 1.54) is 0 Å². The van der Waals surface area contributed by atoms with E-state index in [1.807, 2.05) is 6.92 Å². The standard InChI is InChI=1S/C18H22O5/c1-5-15(17(19)20)22-12-6-7-13-11(4)14(8-10(2)3)18(21)23-16(13)9-12/h6-7,9-10,15H,5,8H2,1-4H3,(H,19,20). The van der Waals surface area contributed by atoms with Crippen molar-refractivity contribution in [2.45, 2.75) is 46.6 Å². The lowest BCUT2D eigenvalue weighted by molar-refractivity contribution is -0.145. The van der Waals surface area contributed by atoms with Crippen LogP contribution in [0.1, 0.15) is 38.3 Å². The molecule has 0 aliphatic carbocycles. The van der Waals surface area contributed by atoms with Crippen LogP contribution in [0.15, 0.2) is 27.4 Å². The minimum atomic E-state index is -1.02. The lowest BCUT2D eigenvalue weighted by atomic mass is 9.98. The molecule has 2 rings (SSSR count). The van der Waals surface area contributed by atoms with Gasteiger partial charge in [0.25, 0.3) is 0 Å². The van der Waals surface area contributed by atoms with E-state index in [1.54, 1.807) is 25.1 Å². The zero-order valence-corrected chi connectivity index (χ0v) is 13.9. The topological polar surface area (TPSA) is 76.7 Å². The summed E-state index contributed by atoms with van der Waals surface area (Å²) in [5, 5.41) is 9.90. The van der Waals surface area contributed by atoms with Crippen molar-refractivity contribution < 1.29 is 19.1 Å². The van der Waals surface area contributed by atoms with Crippen LogP contribution < -0.4 is 10.4 Å². The molecule has 0 fully saturated rings. The fraction of sp³-hybridized carbons (Fsp3) is 0.444. The smallest absolute Gasteiger partial charge is 0.344 e. The summed E-state index contributed by atoms with van der Waals surface area (Å²) in [5.74, 6) is -0.277. The number of aliphatic carboxylic acids is 1. The highest BCUT2D eigenvalue weighted by Gasteiger charge is 2.18. The Kier molecular flexibility index (Phi) is 5.08. The van der Waals surface area contributed by atoms with Crippen molar-refractivity contribution in [1.82, 2.24) is 0 Å². The summed E-state index contributed by atoms with van der Waals surface area (Å²) < 4.78 is 10.9. The Hall–Kier alpha value is -2.30. The van der Waals surface area contributed by atoms with Crippen LogP contribution >= 0.6 is 0 Å². The monoisotopic (exact) mass is 318 g/mol. The van der Waals surface area contributed by atoms with Gasteiger partial charge in [-0.15, -0.1) is 0 Å². The number of ether oxygens (including phenoxy) is 1. The molecule has 5 nitrogen and oxygen atoms in total. The molecule has 5 heteroatoms. The van der Waals surface area contributed by atoms with Gasteiger partial charge in [0.2, 0.25) is 0 Å². The number of benzene rings is 1. The molecule has 0 bridgehead atoms. The quantitative estimate of drug-likeness (QED) is 0.824. The number of fused-ring (bicyclic) bond motifs is 1. The summed E-state index contributed by atoms with van der Waals surface area (Å²) in [6.45, 7) is 7.75. The van der Waals surface area contributed by atoms with Gasteiger partial charge in [-0.1, -0.05) is 20.8 Å². The van der Waals surface area contributed by atoms with Gasteiger partial charge in [0, 0.05) is 17.0 Å². The molecule has 124 valence electrons. The van der Waals surface area contributed by atoms with Gasteiger partial charge < -0.3 is 14.3 Å². The van der Waals surface area contributed by atoms with Crippen molar-refractivity contribution >= 4 is 16.9 Å². The average Bonchev–Trinajstić information content (AvgIpc) is 2.48. The van der Waals surface area contributed by atoms with Gasteiger partial charge in [-0.25, -0.2) is 9.59 Å². The Bertz CT molecular complexity index is 773. The molecular weight excluding hydrogens is 296 g/mol. The van der Waals surface area contributed by atoms with Crippen LogP contribution in [0.25, 0.3) is 11.0 Å². The fourth-order valence-electron chi connectivity index (χ4n) is 2.56. The zero-order valence-electron chi connectivity index (χ0n) is 13.9. The van der Waals surface area contributed by atoms with Crippen molar-refractivity contribution in [3.8, 4) is 5.75 Å². The van der Waals surface area contributed by atoms with Crippen molar-refractivity contribution in [3.05, 3.63) is 39.7 Å². The van der Waals surface area contributed by atoms with Crippen LogP contribution in [0.5, 0.6) is 5.75 Å². The molecule has 0 amide bonds. The molecule has 1 aromatic heterocycles. The van der Waals surface area contributed by atoms with Crippen molar-refractivity contribution in [3.63, 3.8) is 0 Å². The van der Waals surface area contributed by atoms with E-state index in [-0.39, 0.29) is 5.63 Å². The molecule has 2 aromatic rings. The van der Waals surface area contributed by atoms with Gasteiger partial charge in [-0.2, -0.15) is 0 Å². The highest BCUT2D eigenvalue weighted by Crippen LogP contribution is 2.26. The molecule has 0 aliphatic rings. The Labute approximate surface area is 134 Å². The zero-order chi connectivity index (χ0) is 17.1. The second kappa shape index (κ2) is 6.86. The van der Waals surface area contributed by atoms with E-state index in [0.717, 1.165) is 10.9 Å². The van der Waals surface area contributed by atoms with Crippen LogP contribution in [0.3, 0.4) is 0 Å². The lowest BCUT2D eigenvalue weighted by Gasteiger charge is -2.14. The molecule has 1 atom stereocenters. The average molecular weight is 318 g/mol. The maximum Gasteiger partial charge on any atom is 0.344 e. The number of hydrogen-bond donors (Lipinski definition) is 1. The molecule has 0 saturated carbocycles. The van der Waals surface area contributed by atoms with Crippen LogP contribution in [-0.2, 0) is 11.2 Å². The third-order valence-corrected chi connectivity index (χ3v) is 3.80. The third kappa shape index (κ3) is 3.73. The first-order valence-corrected chi connectivity index (χ1v) is 7.79. The summed E-state index contributed by atoms with van der Waals surface area (Å²) in [4.78, 5) is 23.2. The summed E-state index contributed by atoms with van der Waals surface area (Å²) >= 11 is 0. The normalized spacial score (nSPS) is 12.6. The fourth-order valence-corrected chi connectivity index (χ4v) is 2.56. The molecule has 1 heterocycles. The van der Waals surface area contributed by atoms with E-state index in [4.69, 9.17) is 14.3 Å². The third-order valence-electron chi connectivity index (χ3n) is 3.80. The minimum absolute atomic E-state index is 0.342. The maximum absolute atomic E-state index is 12.2. The van der Waals surface area contributed by atoms with Gasteiger partial charge in [-0.05, 0) is 43.4 Å². The van der Waals surface area contributed by atoms with E-state index < -0.39 is 12.1 Å². The first kappa shape index (κ1) is 17.1. The Balaban J connectivity index is 2.45. The number of carboxylic acid groups (broad SMARTS) is 1. The summed E-state index contributed by atoms with van der Waals surface area (Å²) in [5.41, 5.74) is 1.67. The second-order valence-electron chi connectivity index (χ2n) is 6.10. The molecule has 0 spiro atoms. The Morgan fingerprint density at radius 3 is 2.61 bits per heavy atom. The van der Waals surface area contributed by atoms with Gasteiger partial charge in [0.15, 0.2) is 6.10 Å². The largest absolute Gasteiger partial charge is 0.479 e. The van der Waals surface area contributed by atoms with Crippen molar-refractivity contribution in [2.75, 3.05) is 0 Å². The molecule has 1 aromatic carbocycles. The van der Waals surface area contributed by atoms with Gasteiger partial charge >= 0.3 is 11.6 Å². The summed E-state index contributed by atoms with van der Waals surface area (Å²) in [6.07, 6.45) is 0.101. The van der Waals surface area contributed by atoms with Crippen LogP contribution in [0.2, 0.25) is 0 Å². The van der Waals surface area contributed by atoms with Crippen molar-refractivity contribution in [2.24, 2.45) is 5.92 Å². The molecule has 1 unspecified atom stereocenters. The Morgan fingerprint density at radius 1 is 1.35 bits per heavy atom. The predicted octanol–water partition coefficient (Wildman–Crippen LogP) is 3.54. The molecule has 0 saturated heterocycles. The highest BCUT2D eigenvalue weighted by atomic mass is 16.5. The Morgan fingerprint density at radius 2 is 2.04 bits per heavy atom. The van der Waals surface area contributed by atoms with Gasteiger partial charge in [0.05, 0.1) is 0 Å². The molecule has 0 aliphatic heterocycles. The maximum atomic E-state index is 12.2. The summed E-state index contributed by atoms with van der Waals surface area (Å²) in [6, 6.07) is 5.09. The van der Waals surface area contributed by atoms with Gasteiger partial charge in [-0.3, -0.25) is 0 Å². The molecule has 1 N–H and O–H groups in total. The van der Waals surface area contributed by atoms with E-state index in [9.17, 15) is 9.59 Å². The van der Waals surface area contributed by atoms with Crippen LogP contribution in [0, 0.1) is 12.8 Å². The molecular formula is C18H22O5. The highest BCUT2D eigenvalue weighted by molar-refractivity contribution is 5.82. The van der Waals surface area contributed by atoms with E-state index >= 15 is 0 Å². The first-order chi connectivity index (χ1) is 10.8. The number of rotatable bonds is 6. The number of hydrogen-bond acceptors (Lipinski definition) is 4. The number of carbonyl (C=O) groups is 1.